The van der Waals surface area contributed by atoms with Crippen molar-refractivity contribution in [2.24, 2.45) is 5.92 Å². The topological polar surface area (TPSA) is 18.5 Å². The lowest BCUT2D eigenvalue weighted by atomic mass is 9.82. The summed E-state index contributed by atoms with van der Waals surface area (Å²) in [5, 5.41) is 0. The molecule has 1 fully saturated rings. The van der Waals surface area contributed by atoms with Crippen LogP contribution in [0.2, 0.25) is 0 Å². The van der Waals surface area contributed by atoms with Crippen LogP contribution in [0.5, 0.6) is 0 Å². The first-order valence-electron chi connectivity index (χ1n) is 6.02. The van der Waals surface area contributed by atoms with Gasteiger partial charge >= 0.3 is 0 Å². The molecule has 17 heavy (non-hydrogen) atoms. The van der Waals surface area contributed by atoms with Gasteiger partial charge in [-0.15, -0.1) is 0 Å². The van der Waals surface area contributed by atoms with Crippen molar-refractivity contribution in [3.63, 3.8) is 0 Å². The zero-order valence-electron chi connectivity index (χ0n) is 9.56. The van der Waals surface area contributed by atoms with Gasteiger partial charge in [0, 0.05) is 15.1 Å². The molecule has 1 aliphatic carbocycles. The van der Waals surface area contributed by atoms with Gasteiger partial charge in [0.15, 0.2) is 0 Å². The van der Waals surface area contributed by atoms with Crippen molar-refractivity contribution in [1.29, 1.82) is 0 Å². The van der Waals surface area contributed by atoms with E-state index in [-0.39, 0.29) is 0 Å². The second-order valence-corrected chi connectivity index (χ2v) is 5.63. The van der Waals surface area contributed by atoms with Crippen LogP contribution in [0.4, 0.5) is 0 Å². The number of benzene rings is 1. The normalized spacial score (nSPS) is 26.5. The molecular weight excluding hydrogens is 327 g/mol. The third kappa shape index (κ3) is 1.94. The van der Waals surface area contributed by atoms with Gasteiger partial charge in [-0.1, -0.05) is 30.4 Å². The van der Waals surface area contributed by atoms with Crippen LogP contribution in [-0.2, 0) is 15.3 Å². The minimum Gasteiger partial charge on any atom is -0.345 e. The van der Waals surface area contributed by atoms with Crippen LogP contribution in [-0.4, -0.2) is 13.2 Å². The molecule has 2 nitrogen and oxygen atoms in total. The Balaban J connectivity index is 2.04. The number of hydrogen-bond donors (Lipinski definition) is 0. The third-order valence-electron chi connectivity index (χ3n) is 3.42. The lowest BCUT2D eigenvalue weighted by Crippen LogP contribution is -2.45. The summed E-state index contributed by atoms with van der Waals surface area (Å²) >= 11 is 2.36. The highest BCUT2D eigenvalue weighted by molar-refractivity contribution is 14.1. The molecule has 1 aromatic carbocycles. The summed E-state index contributed by atoms with van der Waals surface area (Å²) < 4.78 is 13.3. The maximum atomic E-state index is 6.06. The van der Waals surface area contributed by atoms with Crippen LogP contribution < -0.4 is 0 Å². The van der Waals surface area contributed by atoms with Crippen molar-refractivity contribution in [3.05, 3.63) is 45.6 Å². The number of allylic oxidation sites excluding steroid dienone is 1. The van der Waals surface area contributed by atoms with Gasteiger partial charge in [-0.05, 0) is 41.5 Å². The summed E-state index contributed by atoms with van der Waals surface area (Å²) in [5.74, 6) is -0.177. The van der Waals surface area contributed by atoms with Crippen LogP contribution in [0.15, 0.2) is 36.4 Å². The van der Waals surface area contributed by atoms with E-state index in [1.807, 2.05) is 0 Å². The standard InChI is InChI=1S/C14H15IO2/c15-13-8-2-1-7-12(13)14(11-5-3-6-11)16-9-4-10-17-14/h1-3,5,7-8,11H,4,6,9-10H2. The first kappa shape index (κ1) is 11.7. The Labute approximate surface area is 115 Å². The summed E-state index contributed by atoms with van der Waals surface area (Å²) in [7, 11) is 0. The molecule has 3 rings (SSSR count). The van der Waals surface area contributed by atoms with Gasteiger partial charge < -0.3 is 9.47 Å². The van der Waals surface area contributed by atoms with E-state index in [9.17, 15) is 0 Å². The molecule has 1 aromatic rings. The Morgan fingerprint density at radius 3 is 2.47 bits per heavy atom. The molecule has 0 bridgehead atoms. The van der Waals surface area contributed by atoms with Crippen molar-refractivity contribution in [2.45, 2.75) is 18.6 Å². The molecular formula is C14H15IO2. The molecule has 0 radical (unpaired) electrons. The highest BCUT2D eigenvalue weighted by Crippen LogP contribution is 2.45. The summed E-state index contributed by atoms with van der Waals surface area (Å²) in [6.07, 6.45) is 6.42. The zero-order chi connectivity index (χ0) is 11.7. The number of ether oxygens (including phenoxy) is 2. The van der Waals surface area contributed by atoms with Crippen LogP contribution in [0.25, 0.3) is 0 Å². The Kier molecular flexibility index (Phi) is 3.23. The molecule has 1 atom stereocenters. The minimum atomic E-state index is -0.537. The van der Waals surface area contributed by atoms with E-state index in [4.69, 9.17) is 9.47 Å². The number of hydrogen-bond acceptors (Lipinski definition) is 2. The summed E-state index contributed by atoms with van der Waals surface area (Å²) in [6, 6.07) is 8.35. The summed E-state index contributed by atoms with van der Waals surface area (Å²) in [6.45, 7) is 1.57. The third-order valence-corrected chi connectivity index (χ3v) is 4.36. The highest BCUT2D eigenvalue weighted by atomic mass is 127. The van der Waals surface area contributed by atoms with Gasteiger partial charge in [-0.2, -0.15) is 0 Å². The van der Waals surface area contributed by atoms with Crippen LogP contribution in [0, 0.1) is 9.49 Å². The lowest BCUT2D eigenvalue weighted by molar-refractivity contribution is -0.299. The van der Waals surface area contributed by atoms with E-state index in [0.717, 1.165) is 26.1 Å². The number of rotatable bonds is 2. The van der Waals surface area contributed by atoms with Crippen molar-refractivity contribution >= 4 is 22.6 Å². The molecule has 90 valence electrons. The fraction of sp³-hybridized carbons (Fsp3) is 0.429. The van der Waals surface area contributed by atoms with Crippen LogP contribution >= 0.6 is 22.6 Å². The van der Waals surface area contributed by atoms with E-state index in [1.165, 1.54) is 9.13 Å². The lowest BCUT2D eigenvalue weighted by Gasteiger charge is -2.44. The van der Waals surface area contributed by atoms with Gasteiger partial charge in [0.2, 0.25) is 5.79 Å². The molecule has 0 N–H and O–H groups in total. The average molecular weight is 342 g/mol. The SMILES string of the molecule is Ic1ccccc1C1(C2C=CC2)OCCCO1. The first-order chi connectivity index (χ1) is 8.33. The largest absolute Gasteiger partial charge is 0.345 e. The molecule has 1 saturated heterocycles. The molecule has 3 heteroatoms. The Bertz CT molecular complexity index is 436. The summed E-state index contributed by atoms with van der Waals surface area (Å²) in [4.78, 5) is 0. The molecule has 0 aromatic heterocycles. The fourth-order valence-corrected chi connectivity index (χ4v) is 3.18. The molecule has 1 aliphatic heterocycles. The van der Waals surface area contributed by atoms with Crippen molar-refractivity contribution in [2.75, 3.05) is 13.2 Å². The molecule has 1 unspecified atom stereocenters. The van der Waals surface area contributed by atoms with E-state index in [1.54, 1.807) is 0 Å². The Morgan fingerprint density at radius 2 is 1.88 bits per heavy atom. The van der Waals surface area contributed by atoms with E-state index >= 15 is 0 Å². The average Bonchev–Trinajstić information content (AvgIpc) is 2.28. The predicted molar refractivity (Wildman–Crippen MR) is 74.6 cm³/mol. The summed E-state index contributed by atoms with van der Waals surface area (Å²) in [5.41, 5.74) is 1.18. The smallest absolute Gasteiger partial charge is 0.202 e. The second kappa shape index (κ2) is 4.71. The maximum absolute atomic E-state index is 6.06. The van der Waals surface area contributed by atoms with E-state index in [2.05, 4.69) is 59.0 Å². The predicted octanol–water partition coefficient (Wildman–Crippen LogP) is 3.46. The first-order valence-corrected chi connectivity index (χ1v) is 7.10. The van der Waals surface area contributed by atoms with Crippen molar-refractivity contribution in [3.8, 4) is 0 Å². The minimum absolute atomic E-state index is 0.360. The maximum Gasteiger partial charge on any atom is 0.202 e. The van der Waals surface area contributed by atoms with Crippen molar-refractivity contribution in [1.82, 2.24) is 0 Å². The Hall–Kier alpha value is -0.390. The molecule has 0 spiro atoms. The molecule has 2 aliphatic rings. The van der Waals surface area contributed by atoms with Gasteiger partial charge in [-0.25, -0.2) is 0 Å². The highest BCUT2D eigenvalue weighted by Gasteiger charge is 2.45. The van der Waals surface area contributed by atoms with Crippen LogP contribution in [0.3, 0.4) is 0 Å². The fourth-order valence-electron chi connectivity index (χ4n) is 2.42. The monoisotopic (exact) mass is 342 g/mol. The van der Waals surface area contributed by atoms with Gasteiger partial charge in [0.05, 0.1) is 13.2 Å². The van der Waals surface area contributed by atoms with Gasteiger partial charge in [0.25, 0.3) is 0 Å². The molecule has 0 amide bonds. The second-order valence-electron chi connectivity index (χ2n) is 4.47. The Morgan fingerprint density at radius 1 is 1.18 bits per heavy atom. The molecule has 0 saturated carbocycles. The number of halogens is 1. The van der Waals surface area contributed by atoms with Crippen LogP contribution in [0.1, 0.15) is 18.4 Å². The van der Waals surface area contributed by atoms with Gasteiger partial charge in [-0.3, -0.25) is 0 Å². The van der Waals surface area contributed by atoms with Gasteiger partial charge in [0.1, 0.15) is 0 Å². The van der Waals surface area contributed by atoms with Crippen molar-refractivity contribution < 1.29 is 9.47 Å². The quantitative estimate of drug-likeness (QED) is 0.605. The van der Waals surface area contributed by atoms with E-state index in [0.29, 0.717) is 5.92 Å². The van der Waals surface area contributed by atoms with E-state index < -0.39 is 5.79 Å². The zero-order valence-corrected chi connectivity index (χ0v) is 11.7. The molecule has 1 heterocycles.